The molecule has 3 rings (SSSR count). The van der Waals surface area contributed by atoms with Crippen LogP contribution in [0.1, 0.15) is 29.8 Å². The first-order valence-electron chi connectivity index (χ1n) is 5.61. The van der Waals surface area contributed by atoms with Gasteiger partial charge in [-0.15, -0.1) is 0 Å². The number of piperidine rings is 1. The lowest BCUT2D eigenvalue weighted by atomic mass is 9.98. The zero-order valence-electron chi connectivity index (χ0n) is 9.10. The average Bonchev–Trinajstić information content (AvgIpc) is 2.73. The second-order valence-electron chi connectivity index (χ2n) is 4.33. The SMILES string of the molecule is O=C(O)c1occ2c1N1CCCCC1C(=O)N2. The van der Waals surface area contributed by atoms with Crippen LogP contribution in [0.25, 0.3) is 0 Å². The van der Waals surface area contributed by atoms with Crippen LogP contribution in [0.3, 0.4) is 0 Å². The van der Waals surface area contributed by atoms with Crippen LogP contribution >= 0.6 is 0 Å². The first-order chi connectivity index (χ1) is 8.18. The molecule has 1 saturated heterocycles. The highest BCUT2D eigenvalue weighted by atomic mass is 16.4. The number of nitrogens with zero attached hydrogens (tertiary/aromatic N) is 1. The van der Waals surface area contributed by atoms with Gasteiger partial charge in [-0.3, -0.25) is 4.79 Å². The van der Waals surface area contributed by atoms with E-state index in [0.717, 1.165) is 19.3 Å². The molecular formula is C11H12N2O4. The van der Waals surface area contributed by atoms with Gasteiger partial charge in [-0.25, -0.2) is 4.79 Å². The number of aromatic carboxylic acids is 1. The Bertz CT molecular complexity index is 494. The lowest BCUT2D eigenvalue weighted by Crippen LogP contribution is -2.50. The summed E-state index contributed by atoms with van der Waals surface area (Å²) >= 11 is 0. The first kappa shape index (κ1) is 10.2. The van der Waals surface area contributed by atoms with E-state index in [1.165, 1.54) is 6.26 Å². The lowest BCUT2D eigenvalue weighted by molar-refractivity contribution is -0.118. The number of nitrogens with one attached hydrogen (secondary N) is 1. The molecule has 1 unspecified atom stereocenters. The van der Waals surface area contributed by atoms with Gasteiger partial charge in [0.25, 0.3) is 0 Å². The van der Waals surface area contributed by atoms with E-state index >= 15 is 0 Å². The number of carbonyl (C=O) groups is 2. The molecule has 0 aliphatic carbocycles. The molecule has 1 amide bonds. The van der Waals surface area contributed by atoms with Gasteiger partial charge < -0.3 is 19.7 Å². The Morgan fingerprint density at radius 3 is 3.12 bits per heavy atom. The van der Waals surface area contributed by atoms with Crippen LogP contribution in [0.15, 0.2) is 10.7 Å². The third kappa shape index (κ3) is 1.40. The summed E-state index contributed by atoms with van der Waals surface area (Å²) < 4.78 is 5.02. The van der Waals surface area contributed by atoms with E-state index in [-0.39, 0.29) is 17.7 Å². The summed E-state index contributed by atoms with van der Waals surface area (Å²) in [6.45, 7) is 0.699. The van der Waals surface area contributed by atoms with Crippen LogP contribution in [0.4, 0.5) is 11.4 Å². The van der Waals surface area contributed by atoms with E-state index in [1.807, 2.05) is 4.90 Å². The second kappa shape index (κ2) is 3.51. The van der Waals surface area contributed by atoms with Crippen molar-refractivity contribution in [1.29, 1.82) is 0 Å². The van der Waals surface area contributed by atoms with E-state index in [1.54, 1.807) is 0 Å². The maximum absolute atomic E-state index is 11.8. The quantitative estimate of drug-likeness (QED) is 0.767. The largest absolute Gasteiger partial charge is 0.475 e. The second-order valence-corrected chi connectivity index (χ2v) is 4.33. The monoisotopic (exact) mass is 236 g/mol. The molecular weight excluding hydrogens is 224 g/mol. The van der Waals surface area contributed by atoms with Gasteiger partial charge in [0.1, 0.15) is 23.7 Å². The zero-order valence-corrected chi connectivity index (χ0v) is 9.10. The summed E-state index contributed by atoms with van der Waals surface area (Å²) in [6.07, 6.45) is 4.01. The average molecular weight is 236 g/mol. The summed E-state index contributed by atoms with van der Waals surface area (Å²) in [5.41, 5.74) is 0.979. The number of hydrogen-bond donors (Lipinski definition) is 2. The molecule has 0 saturated carbocycles. The Balaban J connectivity index is 2.10. The minimum atomic E-state index is -1.10. The molecule has 6 heteroatoms. The van der Waals surface area contributed by atoms with Crippen LogP contribution in [0.2, 0.25) is 0 Å². The molecule has 1 fully saturated rings. The van der Waals surface area contributed by atoms with Crippen molar-refractivity contribution in [2.45, 2.75) is 25.3 Å². The lowest BCUT2D eigenvalue weighted by Gasteiger charge is -2.39. The van der Waals surface area contributed by atoms with Crippen molar-refractivity contribution in [3.8, 4) is 0 Å². The molecule has 6 nitrogen and oxygen atoms in total. The highest BCUT2D eigenvalue weighted by Crippen LogP contribution is 2.39. The molecule has 2 N–H and O–H groups in total. The molecule has 3 heterocycles. The first-order valence-corrected chi connectivity index (χ1v) is 5.61. The third-order valence-electron chi connectivity index (χ3n) is 3.31. The Hall–Kier alpha value is -1.98. The standard InChI is InChI=1S/C11H12N2O4/c14-10-7-3-1-2-4-13(7)8-6(12-10)5-17-9(8)11(15)16/h5,7H,1-4H2,(H,12,14)(H,15,16). The van der Waals surface area contributed by atoms with Crippen LogP contribution in [-0.4, -0.2) is 29.6 Å². The Morgan fingerprint density at radius 1 is 1.53 bits per heavy atom. The molecule has 90 valence electrons. The Kier molecular flexibility index (Phi) is 2.10. The number of carboxylic acids is 1. The van der Waals surface area contributed by atoms with Crippen molar-refractivity contribution in [3.05, 3.63) is 12.0 Å². The van der Waals surface area contributed by atoms with Crippen molar-refractivity contribution in [2.24, 2.45) is 0 Å². The number of amides is 1. The smallest absolute Gasteiger partial charge is 0.374 e. The van der Waals surface area contributed by atoms with E-state index < -0.39 is 5.97 Å². The van der Waals surface area contributed by atoms with Crippen molar-refractivity contribution >= 4 is 23.3 Å². The van der Waals surface area contributed by atoms with Crippen LogP contribution < -0.4 is 10.2 Å². The van der Waals surface area contributed by atoms with Gasteiger partial charge in [0.05, 0.1) is 0 Å². The van der Waals surface area contributed by atoms with Crippen molar-refractivity contribution in [2.75, 3.05) is 16.8 Å². The highest BCUT2D eigenvalue weighted by Gasteiger charge is 2.39. The zero-order chi connectivity index (χ0) is 12.0. The van der Waals surface area contributed by atoms with Crippen LogP contribution in [0.5, 0.6) is 0 Å². The van der Waals surface area contributed by atoms with Crippen LogP contribution in [-0.2, 0) is 4.79 Å². The fourth-order valence-electron chi connectivity index (χ4n) is 2.57. The van der Waals surface area contributed by atoms with Crippen molar-refractivity contribution < 1.29 is 19.1 Å². The number of fused-ring (bicyclic) bond motifs is 3. The predicted molar refractivity (Wildman–Crippen MR) is 59.3 cm³/mol. The minimum Gasteiger partial charge on any atom is -0.475 e. The number of carboxylic acid groups (broad SMARTS) is 1. The predicted octanol–water partition coefficient (Wildman–Crippen LogP) is 1.29. The molecule has 1 aromatic rings. The summed E-state index contributed by atoms with van der Waals surface area (Å²) in [4.78, 5) is 24.7. The summed E-state index contributed by atoms with van der Waals surface area (Å²) in [6, 6.07) is -0.257. The van der Waals surface area contributed by atoms with Gasteiger partial charge in [-0.2, -0.15) is 0 Å². The number of carbonyl (C=O) groups excluding carboxylic acids is 1. The fraction of sp³-hybridized carbons (Fsp3) is 0.455. The van der Waals surface area contributed by atoms with Crippen molar-refractivity contribution in [1.82, 2.24) is 0 Å². The van der Waals surface area contributed by atoms with Gasteiger partial charge in [0.15, 0.2) is 0 Å². The third-order valence-corrected chi connectivity index (χ3v) is 3.31. The normalized spacial score (nSPS) is 22.7. The topological polar surface area (TPSA) is 82.8 Å². The number of hydrogen-bond acceptors (Lipinski definition) is 4. The summed E-state index contributed by atoms with van der Waals surface area (Å²) in [7, 11) is 0. The molecule has 0 spiro atoms. The van der Waals surface area contributed by atoms with E-state index in [9.17, 15) is 9.59 Å². The molecule has 0 radical (unpaired) electrons. The molecule has 17 heavy (non-hydrogen) atoms. The van der Waals surface area contributed by atoms with E-state index in [0.29, 0.717) is 17.9 Å². The van der Waals surface area contributed by atoms with Gasteiger partial charge in [-0.05, 0) is 19.3 Å². The van der Waals surface area contributed by atoms with Gasteiger partial charge in [0, 0.05) is 6.54 Å². The number of anilines is 2. The molecule has 2 aliphatic rings. The van der Waals surface area contributed by atoms with Gasteiger partial charge in [0.2, 0.25) is 11.7 Å². The number of furan rings is 1. The maximum atomic E-state index is 11.8. The minimum absolute atomic E-state index is 0.0741. The highest BCUT2D eigenvalue weighted by molar-refractivity contribution is 6.07. The fourth-order valence-corrected chi connectivity index (χ4v) is 2.57. The van der Waals surface area contributed by atoms with E-state index in [2.05, 4.69) is 5.32 Å². The molecule has 2 aliphatic heterocycles. The molecule has 0 aromatic carbocycles. The van der Waals surface area contributed by atoms with E-state index in [4.69, 9.17) is 9.52 Å². The molecule has 1 aromatic heterocycles. The molecule has 0 bridgehead atoms. The maximum Gasteiger partial charge on any atom is 0.374 e. The Labute approximate surface area is 97.2 Å². The summed E-state index contributed by atoms with van der Waals surface area (Å²) in [5.74, 6) is -1.27. The van der Waals surface area contributed by atoms with Gasteiger partial charge in [-0.1, -0.05) is 0 Å². The summed E-state index contributed by atoms with van der Waals surface area (Å²) in [5, 5.41) is 11.7. The van der Waals surface area contributed by atoms with Gasteiger partial charge >= 0.3 is 5.97 Å². The Morgan fingerprint density at radius 2 is 2.35 bits per heavy atom. The van der Waals surface area contributed by atoms with Crippen molar-refractivity contribution in [3.63, 3.8) is 0 Å². The van der Waals surface area contributed by atoms with Crippen LogP contribution in [0, 0.1) is 0 Å². The number of rotatable bonds is 1. The molecule has 1 atom stereocenters.